The van der Waals surface area contributed by atoms with Crippen LogP contribution in [0.5, 0.6) is 0 Å². The van der Waals surface area contributed by atoms with Crippen molar-refractivity contribution in [3.05, 3.63) is 77.5 Å². The first-order valence-corrected chi connectivity index (χ1v) is 7.74. The van der Waals surface area contributed by atoms with Gasteiger partial charge < -0.3 is 10.6 Å². The fourth-order valence-electron chi connectivity index (χ4n) is 2.25. The summed E-state index contributed by atoms with van der Waals surface area (Å²) in [5, 5.41) is 5.83. The standard InChI is InChI=1S/C19H17FN4O/c1-12-3-6-16(9-13(12)2)24-19(25)17-10-18(22-11-21-17)23-15-7-4-14(20)5-8-15/h3-11H,1-2H3,(H,24,25)(H,21,22,23). The lowest BCUT2D eigenvalue weighted by Crippen LogP contribution is -2.14. The zero-order valence-electron chi connectivity index (χ0n) is 13.9. The lowest BCUT2D eigenvalue weighted by molar-refractivity contribution is 0.102. The second-order valence-corrected chi connectivity index (χ2v) is 5.67. The van der Waals surface area contributed by atoms with Crippen molar-refractivity contribution in [2.24, 2.45) is 0 Å². The van der Waals surface area contributed by atoms with Gasteiger partial charge in [0.25, 0.3) is 5.91 Å². The molecule has 1 amide bonds. The van der Waals surface area contributed by atoms with E-state index >= 15 is 0 Å². The first-order valence-electron chi connectivity index (χ1n) is 7.74. The molecule has 6 heteroatoms. The van der Waals surface area contributed by atoms with Crippen molar-refractivity contribution in [2.75, 3.05) is 10.6 Å². The number of hydrogen-bond acceptors (Lipinski definition) is 4. The monoisotopic (exact) mass is 336 g/mol. The predicted molar refractivity (Wildman–Crippen MR) is 95.6 cm³/mol. The van der Waals surface area contributed by atoms with Crippen LogP contribution in [0.3, 0.4) is 0 Å². The molecule has 0 radical (unpaired) electrons. The summed E-state index contributed by atoms with van der Waals surface area (Å²) in [5.74, 6) is -0.193. The van der Waals surface area contributed by atoms with Crippen molar-refractivity contribution in [3.63, 3.8) is 0 Å². The molecule has 5 nitrogen and oxygen atoms in total. The molecule has 0 bridgehead atoms. The average molecular weight is 336 g/mol. The van der Waals surface area contributed by atoms with Crippen LogP contribution in [0.4, 0.5) is 21.6 Å². The SMILES string of the molecule is Cc1ccc(NC(=O)c2cc(Nc3ccc(F)cc3)ncn2)cc1C. The first-order chi connectivity index (χ1) is 12.0. The van der Waals surface area contributed by atoms with Crippen molar-refractivity contribution >= 4 is 23.1 Å². The van der Waals surface area contributed by atoms with Crippen LogP contribution in [0.25, 0.3) is 0 Å². The largest absolute Gasteiger partial charge is 0.340 e. The number of aryl methyl sites for hydroxylation is 2. The van der Waals surface area contributed by atoms with Gasteiger partial charge in [0.05, 0.1) is 0 Å². The minimum Gasteiger partial charge on any atom is -0.340 e. The number of nitrogens with zero attached hydrogens (tertiary/aromatic N) is 2. The number of hydrogen-bond donors (Lipinski definition) is 2. The molecule has 3 rings (SSSR count). The van der Waals surface area contributed by atoms with E-state index < -0.39 is 0 Å². The zero-order valence-corrected chi connectivity index (χ0v) is 13.9. The normalized spacial score (nSPS) is 10.4. The highest BCUT2D eigenvalue weighted by atomic mass is 19.1. The molecule has 0 saturated carbocycles. The van der Waals surface area contributed by atoms with Crippen LogP contribution in [0.2, 0.25) is 0 Å². The number of rotatable bonds is 4. The van der Waals surface area contributed by atoms with Gasteiger partial charge in [0.2, 0.25) is 0 Å². The Morgan fingerprint density at radius 2 is 1.64 bits per heavy atom. The van der Waals surface area contributed by atoms with Gasteiger partial charge in [-0.2, -0.15) is 0 Å². The maximum absolute atomic E-state index is 12.9. The molecular weight excluding hydrogens is 319 g/mol. The second kappa shape index (κ2) is 7.09. The van der Waals surface area contributed by atoms with Crippen molar-refractivity contribution in [2.45, 2.75) is 13.8 Å². The number of carbonyl (C=O) groups is 1. The molecule has 0 aliphatic heterocycles. The van der Waals surface area contributed by atoms with Gasteiger partial charge >= 0.3 is 0 Å². The van der Waals surface area contributed by atoms with Gasteiger partial charge in [-0.1, -0.05) is 6.07 Å². The van der Waals surface area contributed by atoms with E-state index in [0.29, 0.717) is 17.2 Å². The van der Waals surface area contributed by atoms with E-state index in [2.05, 4.69) is 20.6 Å². The summed E-state index contributed by atoms with van der Waals surface area (Å²) >= 11 is 0. The molecule has 0 unspecified atom stereocenters. The number of halogens is 1. The molecule has 0 aliphatic rings. The van der Waals surface area contributed by atoms with Crippen molar-refractivity contribution in [1.29, 1.82) is 0 Å². The topological polar surface area (TPSA) is 66.9 Å². The van der Waals surface area contributed by atoms with Crippen LogP contribution in [-0.4, -0.2) is 15.9 Å². The molecule has 0 spiro atoms. The maximum atomic E-state index is 12.9. The number of aromatic nitrogens is 2. The minimum atomic E-state index is -0.326. The highest BCUT2D eigenvalue weighted by Gasteiger charge is 2.10. The fourth-order valence-corrected chi connectivity index (χ4v) is 2.25. The summed E-state index contributed by atoms with van der Waals surface area (Å²) in [5.41, 5.74) is 3.86. The number of amides is 1. The van der Waals surface area contributed by atoms with E-state index in [-0.39, 0.29) is 17.4 Å². The summed E-state index contributed by atoms with van der Waals surface area (Å²) in [7, 11) is 0. The summed E-state index contributed by atoms with van der Waals surface area (Å²) in [6.45, 7) is 4.00. The molecule has 2 aromatic carbocycles. The Morgan fingerprint density at radius 3 is 2.36 bits per heavy atom. The lowest BCUT2D eigenvalue weighted by atomic mass is 10.1. The highest BCUT2D eigenvalue weighted by Crippen LogP contribution is 2.17. The molecule has 1 heterocycles. The quantitative estimate of drug-likeness (QED) is 0.748. The Bertz CT molecular complexity index is 910. The average Bonchev–Trinajstić information content (AvgIpc) is 2.60. The molecule has 2 N–H and O–H groups in total. The van der Waals surface area contributed by atoms with Gasteiger partial charge in [-0.15, -0.1) is 0 Å². The Hall–Kier alpha value is -3.28. The van der Waals surface area contributed by atoms with Gasteiger partial charge in [0.15, 0.2) is 0 Å². The van der Waals surface area contributed by atoms with E-state index in [9.17, 15) is 9.18 Å². The molecule has 0 aliphatic carbocycles. The lowest BCUT2D eigenvalue weighted by Gasteiger charge is -2.09. The Kier molecular flexibility index (Phi) is 4.70. The number of anilines is 3. The van der Waals surface area contributed by atoms with Gasteiger partial charge in [0, 0.05) is 17.4 Å². The van der Waals surface area contributed by atoms with E-state index in [4.69, 9.17) is 0 Å². The zero-order chi connectivity index (χ0) is 17.8. The summed E-state index contributed by atoms with van der Waals surface area (Å²) in [4.78, 5) is 20.5. The number of carbonyl (C=O) groups excluding carboxylic acids is 1. The molecule has 0 atom stereocenters. The van der Waals surface area contributed by atoms with Crippen LogP contribution in [0, 0.1) is 19.7 Å². The molecule has 0 saturated heterocycles. The Labute approximate surface area is 145 Å². The van der Waals surface area contributed by atoms with Gasteiger partial charge in [0.1, 0.15) is 23.7 Å². The Morgan fingerprint density at radius 1 is 0.920 bits per heavy atom. The summed E-state index contributed by atoms with van der Waals surface area (Å²) in [6, 6.07) is 13.1. The number of nitrogens with one attached hydrogen (secondary N) is 2. The number of benzene rings is 2. The van der Waals surface area contributed by atoms with Crippen LogP contribution in [-0.2, 0) is 0 Å². The van der Waals surface area contributed by atoms with E-state index in [0.717, 1.165) is 11.1 Å². The molecule has 3 aromatic rings. The predicted octanol–water partition coefficient (Wildman–Crippen LogP) is 4.23. The molecule has 25 heavy (non-hydrogen) atoms. The van der Waals surface area contributed by atoms with Crippen LogP contribution >= 0.6 is 0 Å². The van der Waals surface area contributed by atoms with Crippen molar-refractivity contribution < 1.29 is 9.18 Å². The van der Waals surface area contributed by atoms with Crippen molar-refractivity contribution in [1.82, 2.24) is 9.97 Å². The fraction of sp³-hybridized carbons (Fsp3) is 0.105. The Balaban J connectivity index is 1.74. The van der Waals surface area contributed by atoms with Gasteiger partial charge in [-0.3, -0.25) is 4.79 Å². The van der Waals surface area contributed by atoms with Gasteiger partial charge in [-0.25, -0.2) is 14.4 Å². The highest BCUT2D eigenvalue weighted by molar-refractivity contribution is 6.03. The molecule has 0 fully saturated rings. The first kappa shape index (κ1) is 16.6. The van der Waals surface area contributed by atoms with Crippen molar-refractivity contribution in [3.8, 4) is 0 Å². The van der Waals surface area contributed by atoms with E-state index in [1.165, 1.54) is 18.5 Å². The van der Waals surface area contributed by atoms with E-state index in [1.807, 2.05) is 32.0 Å². The van der Waals surface area contributed by atoms with Gasteiger partial charge in [-0.05, 0) is 61.4 Å². The smallest absolute Gasteiger partial charge is 0.274 e. The van der Waals surface area contributed by atoms with Crippen LogP contribution < -0.4 is 10.6 Å². The summed E-state index contributed by atoms with van der Waals surface area (Å²) < 4.78 is 12.9. The maximum Gasteiger partial charge on any atom is 0.274 e. The van der Waals surface area contributed by atoms with Crippen LogP contribution in [0.1, 0.15) is 21.6 Å². The second-order valence-electron chi connectivity index (χ2n) is 5.67. The minimum absolute atomic E-state index is 0.234. The third kappa shape index (κ3) is 4.17. The summed E-state index contributed by atoms with van der Waals surface area (Å²) in [6.07, 6.45) is 1.31. The molecule has 126 valence electrons. The third-order valence-electron chi connectivity index (χ3n) is 3.78. The van der Waals surface area contributed by atoms with Crippen LogP contribution in [0.15, 0.2) is 54.9 Å². The third-order valence-corrected chi connectivity index (χ3v) is 3.78. The molecule has 1 aromatic heterocycles. The molecular formula is C19H17FN4O. The van der Waals surface area contributed by atoms with E-state index in [1.54, 1.807) is 18.2 Å².